The van der Waals surface area contributed by atoms with Gasteiger partial charge in [0.15, 0.2) is 5.96 Å². The van der Waals surface area contributed by atoms with Crippen molar-refractivity contribution in [2.45, 2.75) is 18.8 Å². The standard InChI is InChI=1S/C20H24FN3/c1-22-20(23-12-11-15-7-9-18(21)10-8-15)24-14-17-13-19(17)16-5-3-2-4-6-16/h2-10,17,19H,11-14H2,1H3,(H2,22,23,24). The second-order valence-electron chi connectivity index (χ2n) is 6.27. The molecule has 2 N–H and O–H groups in total. The molecule has 0 amide bonds. The zero-order valence-corrected chi connectivity index (χ0v) is 14.0. The van der Waals surface area contributed by atoms with Crippen LogP contribution in [0.2, 0.25) is 0 Å². The van der Waals surface area contributed by atoms with Gasteiger partial charge in [-0.1, -0.05) is 42.5 Å². The first-order chi connectivity index (χ1) is 11.8. The minimum absolute atomic E-state index is 0.193. The molecule has 2 unspecified atom stereocenters. The minimum atomic E-state index is -0.193. The van der Waals surface area contributed by atoms with E-state index in [-0.39, 0.29) is 5.82 Å². The lowest BCUT2D eigenvalue weighted by atomic mass is 10.1. The number of halogens is 1. The van der Waals surface area contributed by atoms with Gasteiger partial charge < -0.3 is 10.6 Å². The van der Waals surface area contributed by atoms with Gasteiger partial charge in [-0.05, 0) is 47.9 Å². The highest BCUT2D eigenvalue weighted by Gasteiger charge is 2.37. The van der Waals surface area contributed by atoms with Gasteiger partial charge in [0.05, 0.1) is 0 Å². The second kappa shape index (κ2) is 7.95. The van der Waals surface area contributed by atoms with E-state index in [2.05, 4.69) is 46.0 Å². The van der Waals surface area contributed by atoms with Gasteiger partial charge in [-0.3, -0.25) is 4.99 Å². The first kappa shape index (κ1) is 16.5. The largest absolute Gasteiger partial charge is 0.356 e. The van der Waals surface area contributed by atoms with Crippen molar-refractivity contribution in [1.82, 2.24) is 10.6 Å². The Labute approximate surface area is 143 Å². The van der Waals surface area contributed by atoms with E-state index in [1.54, 1.807) is 7.05 Å². The highest BCUT2D eigenvalue weighted by atomic mass is 19.1. The van der Waals surface area contributed by atoms with E-state index in [0.717, 1.165) is 31.0 Å². The van der Waals surface area contributed by atoms with E-state index in [9.17, 15) is 4.39 Å². The molecule has 2 aromatic rings. The average molecular weight is 325 g/mol. The molecule has 126 valence electrons. The molecule has 0 aliphatic heterocycles. The van der Waals surface area contributed by atoms with E-state index >= 15 is 0 Å². The first-order valence-electron chi connectivity index (χ1n) is 8.50. The van der Waals surface area contributed by atoms with Crippen molar-refractivity contribution in [3.8, 4) is 0 Å². The fraction of sp³-hybridized carbons (Fsp3) is 0.350. The van der Waals surface area contributed by atoms with Crippen molar-refractivity contribution in [2.24, 2.45) is 10.9 Å². The Morgan fingerprint density at radius 1 is 1.08 bits per heavy atom. The van der Waals surface area contributed by atoms with Crippen LogP contribution in [0.15, 0.2) is 59.6 Å². The van der Waals surface area contributed by atoms with Crippen molar-refractivity contribution in [3.05, 3.63) is 71.5 Å². The predicted octanol–water partition coefficient (Wildman–Crippen LogP) is 3.34. The maximum absolute atomic E-state index is 12.9. The monoisotopic (exact) mass is 325 g/mol. The smallest absolute Gasteiger partial charge is 0.190 e. The molecular formula is C20H24FN3. The summed E-state index contributed by atoms with van der Waals surface area (Å²) in [5.74, 6) is 2.00. The molecule has 0 aromatic heterocycles. The lowest BCUT2D eigenvalue weighted by Crippen LogP contribution is -2.39. The topological polar surface area (TPSA) is 36.4 Å². The van der Waals surface area contributed by atoms with Crippen LogP contribution < -0.4 is 10.6 Å². The quantitative estimate of drug-likeness (QED) is 0.631. The summed E-state index contributed by atoms with van der Waals surface area (Å²) < 4.78 is 12.9. The SMILES string of the molecule is CN=C(NCCc1ccc(F)cc1)NCC1CC1c1ccccc1. The second-order valence-corrected chi connectivity index (χ2v) is 6.27. The molecule has 1 aliphatic rings. The van der Waals surface area contributed by atoms with E-state index in [1.807, 2.05) is 12.1 Å². The third-order valence-electron chi connectivity index (χ3n) is 4.52. The van der Waals surface area contributed by atoms with Crippen molar-refractivity contribution in [2.75, 3.05) is 20.1 Å². The van der Waals surface area contributed by atoms with Gasteiger partial charge in [-0.25, -0.2) is 4.39 Å². The third-order valence-corrected chi connectivity index (χ3v) is 4.52. The highest BCUT2D eigenvalue weighted by molar-refractivity contribution is 5.79. The molecule has 1 fully saturated rings. The van der Waals surface area contributed by atoms with Crippen LogP contribution in [0.1, 0.15) is 23.5 Å². The molecule has 0 radical (unpaired) electrons. The van der Waals surface area contributed by atoms with Gasteiger partial charge in [0.1, 0.15) is 5.82 Å². The molecular weight excluding hydrogens is 301 g/mol. The minimum Gasteiger partial charge on any atom is -0.356 e. The van der Waals surface area contributed by atoms with Crippen molar-refractivity contribution < 1.29 is 4.39 Å². The molecule has 2 atom stereocenters. The number of nitrogens with zero attached hydrogens (tertiary/aromatic N) is 1. The van der Waals surface area contributed by atoms with Crippen molar-refractivity contribution >= 4 is 5.96 Å². The number of hydrogen-bond donors (Lipinski definition) is 2. The summed E-state index contributed by atoms with van der Waals surface area (Å²) in [7, 11) is 1.79. The Hall–Kier alpha value is -2.36. The molecule has 0 saturated heterocycles. The summed E-state index contributed by atoms with van der Waals surface area (Å²) in [6.07, 6.45) is 2.08. The van der Waals surface area contributed by atoms with Gasteiger partial charge in [-0.15, -0.1) is 0 Å². The molecule has 1 saturated carbocycles. The van der Waals surface area contributed by atoms with Crippen LogP contribution in [-0.2, 0) is 6.42 Å². The zero-order valence-electron chi connectivity index (χ0n) is 14.0. The fourth-order valence-electron chi connectivity index (χ4n) is 3.01. The molecule has 0 heterocycles. The molecule has 0 spiro atoms. The van der Waals surface area contributed by atoms with Crippen LogP contribution >= 0.6 is 0 Å². The molecule has 3 rings (SSSR count). The third kappa shape index (κ3) is 4.57. The number of aliphatic imine (C=N–C) groups is 1. The van der Waals surface area contributed by atoms with Gasteiger partial charge in [0.2, 0.25) is 0 Å². The first-order valence-corrected chi connectivity index (χ1v) is 8.50. The Bertz CT molecular complexity index is 667. The summed E-state index contributed by atoms with van der Waals surface area (Å²) in [5, 5.41) is 6.72. The molecule has 24 heavy (non-hydrogen) atoms. The van der Waals surface area contributed by atoms with Crippen LogP contribution in [0.25, 0.3) is 0 Å². The Kier molecular flexibility index (Phi) is 5.47. The zero-order chi connectivity index (χ0) is 16.8. The Morgan fingerprint density at radius 3 is 2.54 bits per heavy atom. The van der Waals surface area contributed by atoms with Gasteiger partial charge >= 0.3 is 0 Å². The van der Waals surface area contributed by atoms with E-state index in [0.29, 0.717) is 11.8 Å². The van der Waals surface area contributed by atoms with Crippen LogP contribution in [0.3, 0.4) is 0 Å². The predicted molar refractivity (Wildman–Crippen MR) is 96.8 cm³/mol. The van der Waals surface area contributed by atoms with E-state index < -0.39 is 0 Å². The number of benzene rings is 2. The number of nitrogens with one attached hydrogen (secondary N) is 2. The number of hydrogen-bond acceptors (Lipinski definition) is 1. The summed E-state index contributed by atoms with van der Waals surface area (Å²) >= 11 is 0. The maximum Gasteiger partial charge on any atom is 0.190 e. The van der Waals surface area contributed by atoms with Crippen LogP contribution in [0.4, 0.5) is 4.39 Å². The molecule has 4 heteroatoms. The van der Waals surface area contributed by atoms with Crippen LogP contribution in [0, 0.1) is 11.7 Å². The van der Waals surface area contributed by atoms with Crippen LogP contribution in [-0.4, -0.2) is 26.1 Å². The normalized spacial score (nSPS) is 19.8. The molecule has 1 aliphatic carbocycles. The van der Waals surface area contributed by atoms with Crippen LogP contribution in [0.5, 0.6) is 0 Å². The van der Waals surface area contributed by atoms with E-state index in [4.69, 9.17) is 0 Å². The molecule has 0 bridgehead atoms. The average Bonchev–Trinajstić information content (AvgIpc) is 3.40. The fourth-order valence-corrected chi connectivity index (χ4v) is 3.01. The highest BCUT2D eigenvalue weighted by Crippen LogP contribution is 2.46. The van der Waals surface area contributed by atoms with Gasteiger partial charge in [0.25, 0.3) is 0 Å². The van der Waals surface area contributed by atoms with Gasteiger partial charge in [-0.2, -0.15) is 0 Å². The summed E-state index contributed by atoms with van der Waals surface area (Å²) in [5.41, 5.74) is 2.55. The maximum atomic E-state index is 12.9. The summed E-state index contributed by atoms with van der Waals surface area (Å²) in [4.78, 5) is 4.27. The number of guanidine groups is 1. The Balaban J connectivity index is 1.38. The lowest BCUT2D eigenvalue weighted by Gasteiger charge is -2.12. The Morgan fingerprint density at radius 2 is 1.83 bits per heavy atom. The summed E-state index contributed by atoms with van der Waals surface area (Å²) in [6, 6.07) is 17.3. The van der Waals surface area contributed by atoms with Crippen molar-refractivity contribution in [3.63, 3.8) is 0 Å². The van der Waals surface area contributed by atoms with Gasteiger partial charge in [0, 0.05) is 20.1 Å². The summed E-state index contributed by atoms with van der Waals surface area (Å²) in [6.45, 7) is 1.72. The van der Waals surface area contributed by atoms with E-state index in [1.165, 1.54) is 24.1 Å². The van der Waals surface area contributed by atoms with Crippen molar-refractivity contribution in [1.29, 1.82) is 0 Å². The molecule has 3 nitrogen and oxygen atoms in total. The lowest BCUT2D eigenvalue weighted by molar-refractivity contribution is 0.626. The number of rotatable bonds is 6. The molecule has 2 aromatic carbocycles.